The van der Waals surface area contributed by atoms with E-state index in [0.717, 1.165) is 11.1 Å². The molecule has 0 aliphatic heterocycles. The molecule has 0 bridgehead atoms. The molecule has 0 spiro atoms. The Bertz CT molecular complexity index is 656. The second-order valence-electron chi connectivity index (χ2n) is 4.81. The number of aliphatic carboxylic acids is 1. The molecule has 6 nitrogen and oxygen atoms in total. The summed E-state index contributed by atoms with van der Waals surface area (Å²) in [7, 11) is 0. The van der Waals surface area contributed by atoms with E-state index in [1.807, 2.05) is 13.0 Å². The molecule has 1 aromatic heterocycles. The maximum atomic E-state index is 11.5. The molecule has 0 aliphatic rings. The van der Waals surface area contributed by atoms with Gasteiger partial charge in [0.05, 0.1) is 0 Å². The van der Waals surface area contributed by atoms with Gasteiger partial charge in [-0.25, -0.2) is 9.48 Å². The number of rotatable bonds is 4. The van der Waals surface area contributed by atoms with Gasteiger partial charge in [-0.3, -0.25) is 0 Å². The van der Waals surface area contributed by atoms with Gasteiger partial charge in [-0.05, 0) is 54.5 Å². The van der Waals surface area contributed by atoms with Gasteiger partial charge < -0.3 is 5.11 Å². The molecule has 2 rings (SSSR count). The highest BCUT2D eigenvalue weighted by Gasteiger charge is 2.37. The number of carboxylic acids is 1. The van der Waals surface area contributed by atoms with Gasteiger partial charge in [-0.15, -0.1) is 5.10 Å². The molecule has 1 atom stereocenters. The lowest BCUT2D eigenvalue weighted by atomic mass is 9.99. The molecule has 2 aromatic rings. The Hall–Kier alpha value is -1.95. The Morgan fingerprint density at radius 2 is 2.20 bits per heavy atom. The normalized spacial score (nSPS) is 14.0. The zero-order valence-electron chi connectivity index (χ0n) is 11.5. The first-order valence-corrected chi connectivity index (χ1v) is 6.56. The summed E-state index contributed by atoms with van der Waals surface area (Å²) in [5, 5.41) is 21.5. The van der Waals surface area contributed by atoms with E-state index < -0.39 is 11.5 Å². The number of halogens is 1. The Labute approximate surface area is 121 Å². The van der Waals surface area contributed by atoms with Crippen LogP contribution >= 0.6 is 11.6 Å². The topological polar surface area (TPSA) is 80.9 Å². The Morgan fingerprint density at radius 3 is 2.75 bits per heavy atom. The van der Waals surface area contributed by atoms with E-state index in [-0.39, 0.29) is 0 Å². The van der Waals surface area contributed by atoms with Gasteiger partial charge in [0.25, 0.3) is 0 Å². The van der Waals surface area contributed by atoms with Crippen LogP contribution < -0.4 is 0 Å². The van der Waals surface area contributed by atoms with Crippen molar-refractivity contribution in [1.82, 2.24) is 20.2 Å². The highest BCUT2D eigenvalue weighted by atomic mass is 35.5. The quantitative estimate of drug-likeness (QED) is 0.937. The molecule has 106 valence electrons. The molecule has 1 aromatic carbocycles. The number of aromatic nitrogens is 4. The predicted octanol–water partition coefficient (Wildman–Crippen LogP) is 2.51. The van der Waals surface area contributed by atoms with Crippen LogP contribution in [-0.2, 0) is 10.3 Å². The van der Waals surface area contributed by atoms with Crippen molar-refractivity contribution in [1.29, 1.82) is 0 Å². The maximum Gasteiger partial charge on any atom is 0.331 e. The molecular formula is C13H15ClN4O2. The van der Waals surface area contributed by atoms with E-state index >= 15 is 0 Å². The van der Waals surface area contributed by atoms with Crippen LogP contribution in [0.1, 0.15) is 25.8 Å². The standard InChI is InChI=1S/C13H15ClN4O2/c1-4-13(3,12(19)20)18-11(15-16-17-18)9-5-6-10(14)8(2)7-9/h5-7H,4H2,1-3H3,(H,19,20). The molecule has 1 unspecified atom stereocenters. The molecule has 0 radical (unpaired) electrons. The molecule has 0 saturated carbocycles. The molecule has 0 aliphatic carbocycles. The first-order chi connectivity index (χ1) is 9.40. The van der Waals surface area contributed by atoms with Crippen LogP contribution in [0.25, 0.3) is 11.4 Å². The van der Waals surface area contributed by atoms with E-state index in [0.29, 0.717) is 17.3 Å². The largest absolute Gasteiger partial charge is 0.479 e. The summed E-state index contributed by atoms with van der Waals surface area (Å²) in [6.45, 7) is 5.25. The molecule has 0 amide bonds. The second-order valence-corrected chi connectivity index (χ2v) is 5.22. The zero-order valence-corrected chi connectivity index (χ0v) is 12.2. The molecule has 20 heavy (non-hydrogen) atoms. The zero-order chi connectivity index (χ0) is 14.9. The minimum atomic E-state index is -1.19. The third kappa shape index (κ3) is 2.27. The summed E-state index contributed by atoms with van der Waals surface area (Å²) in [4.78, 5) is 11.5. The number of nitrogens with zero attached hydrogens (tertiary/aromatic N) is 4. The summed E-state index contributed by atoms with van der Waals surface area (Å²) in [5.41, 5.74) is 0.428. The fraction of sp³-hybridized carbons (Fsp3) is 0.385. The smallest absolute Gasteiger partial charge is 0.331 e. The monoisotopic (exact) mass is 294 g/mol. The number of carbonyl (C=O) groups is 1. The van der Waals surface area contributed by atoms with Crippen molar-refractivity contribution >= 4 is 17.6 Å². The fourth-order valence-corrected chi connectivity index (χ4v) is 1.99. The number of tetrazole rings is 1. The van der Waals surface area contributed by atoms with Crippen molar-refractivity contribution in [3.63, 3.8) is 0 Å². The van der Waals surface area contributed by atoms with Crippen LogP contribution in [0.5, 0.6) is 0 Å². The van der Waals surface area contributed by atoms with Gasteiger partial charge in [0.2, 0.25) is 0 Å². The van der Waals surface area contributed by atoms with E-state index in [1.165, 1.54) is 4.68 Å². The van der Waals surface area contributed by atoms with E-state index in [4.69, 9.17) is 11.6 Å². The molecule has 1 N–H and O–H groups in total. The van der Waals surface area contributed by atoms with Gasteiger partial charge in [-0.1, -0.05) is 18.5 Å². The maximum absolute atomic E-state index is 11.5. The molecule has 0 fully saturated rings. The highest BCUT2D eigenvalue weighted by molar-refractivity contribution is 6.31. The van der Waals surface area contributed by atoms with Gasteiger partial charge in [0.1, 0.15) is 0 Å². The molecule has 1 heterocycles. The molecule has 0 saturated heterocycles. The fourth-order valence-electron chi connectivity index (χ4n) is 1.87. The number of hydrogen-bond donors (Lipinski definition) is 1. The Balaban J connectivity index is 2.58. The van der Waals surface area contributed by atoms with Crippen LogP contribution in [0, 0.1) is 6.92 Å². The Morgan fingerprint density at radius 1 is 1.50 bits per heavy atom. The minimum Gasteiger partial charge on any atom is -0.479 e. The van der Waals surface area contributed by atoms with Crippen molar-refractivity contribution < 1.29 is 9.90 Å². The summed E-state index contributed by atoms with van der Waals surface area (Å²) in [6, 6.07) is 5.35. The van der Waals surface area contributed by atoms with Crippen molar-refractivity contribution in [3.05, 3.63) is 28.8 Å². The summed E-state index contributed by atoms with van der Waals surface area (Å²) < 4.78 is 1.35. The van der Waals surface area contributed by atoms with Crippen LogP contribution in [0.2, 0.25) is 5.02 Å². The van der Waals surface area contributed by atoms with Crippen molar-refractivity contribution in [2.75, 3.05) is 0 Å². The summed E-state index contributed by atoms with van der Waals surface area (Å²) >= 11 is 6.00. The lowest BCUT2D eigenvalue weighted by molar-refractivity contribution is -0.147. The van der Waals surface area contributed by atoms with Gasteiger partial charge in [0, 0.05) is 10.6 Å². The van der Waals surface area contributed by atoms with Crippen LogP contribution in [0.4, 0.5) is 0 Å². The lowest BCUT2D eigenvalue weighted by Gasteiger charge is -2.24. The van der Waals surface area contributed by atoms with Crippen molar-refractivity contribution in [2.24, 2.45) is 0 Å². The number of aryl methyl sites for hydroxylation is 1. The van der Waals surface area contributed by atoms with Crippen molar-refractivity contribution in [3.8, 4) is 11.4 Å². The predicted molar refractivity (Wildman–Crippen MR) is 74.6 cm³/mol. The van der Waals surface area contributed by atoms with Crippen molar-refractivity contribution in [2.45, 2.75) is 32.7 Å². The highest BCUT2D eigenvalue weighted by Crippen LogP contribution is 2.28. The lowest BCUT2D eigenvalue weighted by Crippen LogP contribution is -2.39. The van der Waals surface area contributed by atoms with Crippen LogP contribution in [0.3, 0.4) is 0 Å². The molecule has 7 heteroatoms. The number of benzene rings is 1. The minimum absolute atomic E-state index is 0.368. The number of hydrogen-bond acceptors (Lipinski definition) is 4. The molecular weight excluding hydrogens is 280 g/mol. The van der Waals surface area contributed by atoms with E-state index in [9.17, 15) is 9.90 Å². The second kappa shape index (κ2) is 5.20. The summed E-state index contributed by atoms with van der Waals surface area (Å²) in [6.07, 6.45) is 0.368. The summed E-state index contributed by atoms with van der Waals surface area (Å²) in [5.74, 6) is -0.559. The first-order valence-electron chi connectivity index (χ1n) is 6.19. The Kier molecular flexibility index (Phi) is 3.76. The van der Waals surface area contributed by atoms with Crippen LogP contribution in [-0.4, -0.2) is 31.3 Å². The number of carboxylic acid groups (broad SMARTS) is 1. The van der Waals surface area contributed by atoms with Crippen LogP contribution in [0.15, 0.2) is 18.2 Å². The SMILES string of the molecule is CCC(C)(C(=O)O)n1nnnc1-c1ccc(Cl)c(C)c1. The first kappa shape index (κ1) is 14.5. The average Bonchev–Trinajstić information content (AvgIpc) is 2.90. The van der Waals surface area contributed by atoms with E-state index in [2.05, 4.69) is 15.5 Å². The van der Waals surface area contributed by atoms with E-state index in [1.54, 1.807) is 26.0 Å². The van der Waals surface area contributed by atoms with Gasteiger partial charge >= 0.3 is 5.97 Å². The average molecular weight is 295 g/mol. The van der Waals surface area contributed by atoms with Gasteiger partial charge in [0.15, 0.2) is 11.4 Å². The third-order valence-corrected chi connectivity index (χ3v) is 3.93. The van der Waals surface area contributed by atoms with Gasteiger partial charge in [-0.2, -0.15) is 0 Å². The third-order valence-electron chi connectivity index (χ3n) is 3.50.